The number of amides is 1. The summed E-state index contributed by atoms with van der Waals surface area (Å²) in [7, 11) is 1.69. The SMILES string of the molecule is COc1ccc2c(c1)CCCC2NC(=O)C1CCCN1.Cl. The maximum absolute atomic E-state index is 12.2. The van der Waals surface area contributed by atoms with Crippen LogP contribution in [-0.2, 0) is 11.2 Å². The number of ether oxygens (including phenoxy) is 1. The number of methoxy groups -OCH3 is 1. The first-order valence-corrected chi connectivity index (χ1v) is 7.48. The van der Waals surface area contributed by atoms with Crippen LogP contribution < -0.4 is 15.4 Å². The number of hydrogen-bond donors (Lipinski definition) is 2. The highest BCUT2D eigenvalue weighted by molar-refractivity contribution is 5.85. The first kappa shape index (κ1) is 16.1. The van der Waals surface area contributed by atoms with Gasteiger partial charge < -0.3 is 15.4 Å². The standard InChI is InChI=1S/C16H22N2O2.ClH/c1-20-12-7-8-13-11(10-12)4-2-5-14(13)18-16(19)15-6-3-9-17-15;/h7-8,10,14-15,17H,2-6,9H2,1H3,(H,18,19);1H. The molecule has 1 aliphatic carbocycles. The maximum Gasteiger partial charge on any atom is 0.237 e. The van der Waals surface area contributed by atoms with Gasteiger partial charge in [-0.05, 0) is 61.9 Å². The molecule has 0 saturated carbocycles. The van der Waals surface area contributed by atoms with Crippen molar-refractivity contribution in [3.05, 3.63) is 29.3 Å². The number of carbonyl (C=O) groups excluding carboxylic acids is 1. The van der Waals surface area contributed by atoms with Gasteiger partial charge in [-0.25, -0.2) is 0 Å². The number of hydrogen-bond acceptors (Lipinski definition) is 3. The molecule has 21 heavy (non-hydrogen) atoms. The first-order chi connectivity index (χ1) is 9.78. The number of fused-ring (bicyclic) bond motifs is 1. The molecule has 1 aromatic carbocycles. The lowest BCUT2D eigenvalue weighted by Gasteiger charge is -2.27. The molecule has 1 aromatic rings. The average Bonchev–Trinajstić information content (AvgIpc) is 3.01. The third-order valence-electron chi connectivity index (χ3n) is 4.36. The van der Waals surface area contributed by atoms with E-state index in [0.29, 0.717) is 0 Å². The summed E-state index contributed by atoms with van der Waals surface area (Å²) in [5.41, 5.74) is 2.56. The number of halogens is 1. The van der Waals surface area contributed by atoms with Gasteiger partial charge in [-0.3, -0.25) is 4.79 Å². The van der Waals surface area contributed by atoms with Gasteiger partial charge in [0.2, 0.25) is 5.91 Å². The van der Waals surface area contributed by atoms with E-state index in [2.05, 4.69) is 22.8 Å². The van der Waals surface area contributed by atoms with Crippen LogP contribution in [0.25, 0.3) is 0 Å². The van der Waals surface area contributed by atoms with E-state index in [4.69, 9.17) is 4.74 Å². The van der Waals surface area contributed by atoms with Gasteiger partial charge in [-0.1, -0.05) is 6.07 Å². The van der Waals surface area contributed by atoms with Crippen molar-refractivity contribution in [2.75, 3.05) is 13.7 Å². The third kappa shape index (κ3) is 3.50. The lowest BCUT2D eigenvalue weighted by Crippen LogP contribution is -2.42. The van der Waals surface area contributed by atoms with E-state index < -0.39 is 0 Å². The summed E-state index contributed by atoms with van der Waals surface area (Å²) in [6.45, 7) is 0.955. The van der Waals surface area contributed by atoms with Gasteiger partial charge in [0, 0.05) is 0 Å². The van der Waals surface area contributed by atoms with Crippen LogP contribution in [0, 0.1) is 0 Å². The van der Waals surface area contributed by atoms with E-state index >= 15 is 0 Å². The largest absolute Gasteiger partial charge is 0.497 e. The average molecular weight is 311 g/mol. The Morgan fingerprint density at radius 2 is 2.19 bits per heavy atom. The molecule has 0 radical (unpaired) electrons. The van der Waals surface area contributed by atoms with E-state index in [0.717, 1.165) is 44.4 Å². The van der Waals surface area contributed by atoms with Crippen LogP contribution >= 0.6 is 12.4 Å². The normalized spacial score (nSPS) is 23.9. The van der Waals surface area contributed by atoms with Crippen LogP contribution in [0.4, 0.5) is 0 Å². The van der Waals surface area contributed by atoms with Crippen molar-refractivity contribution >= 4 is 18.3 Å². The molecule has 0 aromatic heterocycles. The number of benzene rings is 1. The molecule has 0 bridgehead atoms. The van der Waals surface area contributed by atoms with Gasteiger partial charge in [0.1, 0.15) is 5.75 Å². The molecule has 1 heterocycles. The lowest BCUT2D eigenvalue weighted by atomic mass is 9.87. The molecular weight excluding hydrogens is 288 g/mol. The molecule has 0 spiro atoms. The highest BCUT2D eigenvalue weighted by Crippen LogP contribution is 2.32. The van der Waals surface area contributed by atoms with Crippen LogP contribution in [0.3, 0.4) is 0 Å². The number of nitrogens with one attached hydrogen (secondary N) is 2. The first-order valence-electron chi connectivity index (χ1n) is 7.48. The Hall–Kier alpha value is -1.26. The molecular formula is C16H23ClN2O2. The summed E-state index contributed by atoms with van der Waals surface area (Å²) in [5, 5.41) is 6.47. The van der Waals surface area contributed by atoms with Crippen LogP contribution in [0.2, 0.25) is 0 Å². The van der Waals surface area contributed by atoms with Crippen LogP contribution in [0.15, 0.2) is 18.2 Å². The summed E-state index contributed by atoms with van der Waals surface area (Å²) in [6, 6.07) is 6.33. The van der Waals surface area contributed by atoms with Gasteiger partial charge in [0.25, 0.3) is 0 Å². The number of aryl methyl sites for hydroxylation is 1. The Morgan fingerprint density at radius 3 is 2.90 bits per heavy atom. The minimum atomic E-state index is -0.00127. The molecule has 2 unspecified atom stereocenters. The van der Waals surface area contributed by atoms with E-state index in [-0.39, 0.29) is 30.4 Å². The predicted molar refractivity (Wildman–Crippen MR) is 85.1 cm³/mol. The fourth-order valence-corrected chi connectivity index (χ4v) is 3.25. The molecule has 1 saturated heterocycles. The predicted octanol–water partition coefficient (Wildman–Crippen LogP) is 2.36. The monoisotopic (exact) mass is 310 g/mol. The van der Waals surface area contributed by atoms with Crippen molar-refractivity contribution in [1.29, 1.82) is 0 Å². The van der Waals surface area contributed by atoms with Gasteiger partial charge in [-0.2, -0.15) is 0 Å². The summed E-state index contributed by atoms with van der Waals surface area (Å²) in [6.07, 6.45) is 5.26. The second kappa shape index (κ2) is 7.14. The smallest absolute Gasteiger partial charge is 0.237 e. The molecule has 2 N–H and O–H groups in total. The van der Waals surface area contributed by atoms with Crippen molar-refractivity contribution in [3.8, 4) is 5.75 Å². The van der Waals surface area contributed by atoms with Gasteiger partial charge >= 0.3 is 0 Å². The minimum absolute atomic E-state index is 0. The highest BCUT2D eigenvalue weighted by Gasteiger charge is 2.27. The molecule has 4 nitrogen and oxygen atoms in total. The zero-order valence-corrected chi connectivity index (χ0v) is 13.2. The van der Waals surface area contributed by atoms with Crippen molar-refractivity contribution in [1.82, 2.24) is 10.6 Å². The molecule has 1 amide bonds. The molecule has 2 aliphatic rings. The Morgan fingerprint density at radius 1 is 1.33 bits per heavy atom. The molecule has 3 rings (SSSR count). The zero-order chi connectivity index (χ0) is 13.9. The van der Waals surface area contributed by atoms with Crippen molar-refractivity contribution in [2.45, 2.75) is 44.2 Å². The third-order valence-corrected chi connectivity index (χ3v) is 4.36. The number of carbonyl (C=O) groups is 1. The summed E-state index contributed by atoms with van der Waals surface area (Å²) >= 11 is 0. The van der Waals surface area contributed by atoms with Crippen LogP contribution in [0.5, 0.6) is 5.75 Å². The van der Waals surface area contributed by atoms with Gasteiger partial charge in [-0.15, -0.1) is 12.4 Å². The molecule has 116 valence electrons. The molecule has 5 heteroatoms. The highest BCUT2D eigenvalue weighted by atomic mass is 35.5. The Kier molecular flexibility index (Phi) is 5.48. The topological polar surface area (TPSA) is 50.4 Å². The summed E-state index contributed by atoms with van der Waals surface area (Å²) < 4.78 is 5.28. The number of rotatable bonds is 3. The fourth-order valence-electron chi connectivity index (χ4n) is 3.25. The Balaban J connectivity index is 0.00000161. The second-order valence-electron chi connectivity index (χ2n) is 5.67. The van der Waals surface area contributed by atoms with Crippen molar-refractivity contribution < 1.29 is 9.53 Å². The van der Waals surface area contributed by atoms with E-state index in [1.165, 1.54) is 11.1 Å². The Labute approximate surface area is 132 Å². The molecule has 2 atom stereocenters. The van der Waals surface area contributed by atoms with Crippen molar-refractivity contribution in [2.24, 2.45) is 0 Å². The second-order valence-corrected chi connectivity index (χ2v) is 5.67. The van der Waals surface area contributed by atoms with Crippen molar-refractivity contribution in [3.63, 3.8) is 0 Å². The zero-order valence-electron chi connectivity index (χ0n) is 12.4. The lowest BCUT2D eigenvalue weighted by molar-refractivity contribution is -0.123. The van der Waals surface area contributed by atoms with Gasteiger partial charge in [0.05, 0.1) is 19.2 Å². The molecule has 1 aliphatic heterocycles. The Bertz CT molecular complexity index is 501. The van der Waals surface area contributed by atoms with Crippen LogP contribution in [-0.4, -0.2) is 25.6 Å². The maximum atomic E-state index is 12.2. The van der Waals surface area contributed by atoms with E-state index in [9.17, 15) is 4.79 Å². The van der Waals surface area contributed by atoms with E-state index in [1.807, 2.05) is 6.07 Å². The molecule has 1 fully saturated rings. The minimum Gasteiger partial charge on any atom is -0.497 e. The quantitative estimate of drug-likeness (QED) is 0.901. The van der Waals surface area contributed by atoms with E-state index in [1.54, 1.807) is 7.11 Å². The van der Waals surface area contributed by atoms with Gasteiger partial charge in [0.15, 0.2) is 0 Å². The summed E-state index contributed by atoms with van der Waals surface area (Å²) in [5.74, 6) is 1.05. The summed E-state index contributed by atoms with van der Waals surface area (Å²) in [4.78, 5) is 12.2. The fraction of sp³-hybridized carbons (Fsp3) is 0.562. The van der Waals surface area contributed by atoms with Crippen LogP contribution in [0.1, 0.15) is 42.9 Å².